The first-order valence-electron chi connectivity index (χ1n) is 28.5. The lowest BCUT2D eigenvalue weighted by atomic mass is 10.00. The van der Waals surface area contributed by atoms with Gasteiger partial charge in [-0.25, -0.2) is 0 Å². The van der Waals surface area contributed by atoms with Crippen LogP contribution in [0.3, 0.4) is 0 Å². The van der Waals surface area contributed by atoms with Gasteiger partial charge in [-0.2, -0.15) is 12.6 Å². The molecule has 0 radical (unpaired) electrons. The first kappa shape index (κ1) is 76.8. The molecular formula is C53H92N14O18S. The third-order valence-electron chi connectivity index (χ3n) is 13.1. The van der Waals surface area contributed by atoms with Gasteiger partial charge in [-0.15, -0.1) is 0 Å². The molecule has 0 aromatic heterocycles. The Morgan fingerprint density at radius 3 is 1.26 bits per heavy atom. The Bertz CT molecular complexity index is 2360. The Hall–Kier alpha value is -7.23. The fourth-order valence-corrected chi connectivity index (χ4v) is 9.02. The lowest BCUT2D eigenvalue weighted by molar-refractivity contribution is -0.141. The van der Waals surface area contributed by atoms with Crippen LogP contribution >= 0.6 is 12.6 Å². The van der Waals surface area contributed by atoms with E-state index in [1.165, 1.54) is 6.92 Å². The van der Waals surface area contributed by atoms with Crippen molar-refractivity contribution >= 4 is 95.4 Å². The number of rotatable bonds is 39. The van der Waals surface area contributed by atoms with Crippen LogP contribution in [0.25, 0.3) is 0 Å². The number of carbonyl (C=O) groups is 14. The quantitative estimate of drug-likeness (QED) is 0.0254. The van der Waals surface area contributed by atoms with Crippen molar-refractivity contribution in [2.45, 2.75) is 180 Å². The molecule has 0 unspecified atom stereocenters. The maximum Gasteiger partial charge on any atom is 0.322 e. The summed E-state index contributed by atoms with van der Waals surface area (Å²) in [5.74, 6) is -14.1. The van der Waals surface area contributed by atoms with E-state index in [1.54, 1.807) is 55.4 Å². The van der Waals surface area contributed by atoms with Crippen molar-refractivity contribution < 1.29 is 87.5 Å². The lowest BCUT2D eigenvalue weighted by Crippen LogP contribution is -2.62. The highest BCUT2D eigenvalue weighted by Gasteiger charge is 2.39. The number of nitrogens with zero attached hydrogens (tertiary/aromatic N) is 1. The number of hydrogen-bond donors (Lipinski definition) is 18. The Morgan fingerprint density at radius 2 is 0.884 bits per heavy atom. The minimum atomic E-state index is -1.80. The third-order valence-corrected chi connectivity index (χ3v) is 13.5. The van der Waals surface area contributed by atoms with Gasteiger partial charge in [-0.3, -0.25) is 67.1 Å². The van der Waals surface area contributed by atoms with Crippen molar-refractivity contribution in [1.29, 1.82) is 0 Å². The van der Waals surface area contributed by atoms with Gasteiger partial charge in [-0.05, 0) is 75.5 Å². The molecule has 33 heteroatoms. The molecule has 0 aliphatic carbocycles. The number of nitrogens with one attached hydrogen (secondary N) is 11. The highest BCUT2D eigenvalue weighted by Crippen LogP contribution is 2.19. The minimum absolute atomic E-state index is 0.0114. The molecule has 1 heterocycles. The van der Waals surface area contributed by atoms with Gasteiger partial charge in [0.2, 0.25) is 76.8 Å². The summed E-state index contributed by atoms with van der Waals surface area (Å²) < 4.78 is 0. The zero-order chi connectivity index (χ0) is 65.7. The molecule has 0 aromatic carbocycles. The zero-order valence-electron chi connectivity index (χ0n) is 50.3. The van der Waals surface area contributed by atoms with E-state index in [1.807, 2.05) is 0 Å². The lowest BCUT2D eigenvalue weighted by Gasteiger charge is -2.29. The number of amides is 13. The number of aliphatic hydroxyl groups is 3. The van der Waals surface area contributed by atoms with Crippen molar-refractivity contribution in [2.24, 2.45) is 35.1 Å². The van der Waals surface area contributed by atoms with E-state index in [9.17, 15) is 82.4 Å². The molecule has 86 heavy (non-hydrogen) atoms. The Kier molecular flexibility index (Phi) is 34.6. The average Bonchev–Trinajstić information content (AvgIpc) is 3.84. The summed E-state index contributed by atoms with van der Waals surface area (Å²) in [5, 5.41) is 66.5. The molecule has 0 saturated carbocycles. The Morgan fingerprint density at radius 1 is 0.512 bits per heavy atom. The number of carboxylic acids is 1. The number of aliphatic carboxylic acids is 1. The number of hydrogen-bond acceptors (Lipinski definition) is 19. The van der Waals surface area contributed by atoms with Gasteiger partial charge in [0, 0.05) is 18.7 Å². The van der Waals surface area contributed by atoms with E-state index in [4.69, 9.17) is 16.6 Å². The predicted molar refractivity (Wildman–Crippen MR) is 311 cm³/mol. The average molecular weight is 1250 g/mol. The summed E-state index contributed by atoms with van der Waals surface area (Å²) in [4.78, 5) is 184. The van der Waals surface area contributed by atoms with Crippen LogP contribution in [-0.2, 0) is 67.1 Å². The Balaban J connectivity index is 3.16. The van der Waals surface area contributed by atoms with E-state index >= 15 is 0 Å². The van der Waals surface area contributed by atoms with Gasteiger partial charge in [0.25, 0.3) is 0 Å². The van der Waals surface area contributed by atoms with E-state index in [0.717, 1.165) is 4.90 Å². The van der Waals surface area contributed by atoms with Crippen LogP contribution in [0.5, 0.6) is 0 Å². The van der Waals surface area contributed by atoms with E-state index in [2.05, 4.69) is 71.1 Å². The van der Waals surface area contributed by atoms with Gasteiger partial charge >= 0.3 is 5.97 Å². The molecule has 1 rings (SSSR count). The number of thiol groups is 1. The molecule has 1 fully saturated rings. The fourth-order valence-electron chi connectivity index (χ4n) is 8.76. The molecule has 488 valence electrons. The second-order valence-electron chi connectivity index (χ2n) is 22.6. The number of carboxylic acid groups (broad SMARTS) is 1. The molecule has 0 bridgehead atoms. The molecule has 32 nitrogen and oxygen atoms in total. The molecule has 1 aliphatic heterocycles. The van der Waals surface area contributed by atoms with Crippen LogP contribution < -0.4 is 70.0 Å². The predicted octanol–water partition coefficient (Wildman–Crippen LogP) is -6.64. The number of carbonyl (C=O) groups excluding carboxylic acids is 13. The van der Waals surface area contributed by atoms with E-state index in [-0.39, 0.29) is 75.2 Å². The van der Waals surface area contributed by atoms with Crippen molar-refractivity contribution in [1.82, 2.24) is 63.4 Å². The number of nitrogens with two attached hydrogens (primary N) is 2. The number of aliphatic hydroxyl groups excluding tert-OH is 3. The summed E-state index contributed by atoms with van der Waals surface area (Å²) in [6, 6.07) is -14.5. The second kappa shape index (κ2) is 38.7. The van der Waals surface area contributed by atoms with E-state index in [0.29, 0.717) is 6.42 Å². The molecule has 1 aliphatic rings. The molecule has 0 aromatic rings. The fraction of sp³-hybridized carbons (Fsp3) is 0.736. The topological polar surface area (TPSA) is 508 Å². The number of primary amides is 1. The first-order chi connectivity index (χ1) is 40.2. The van der Waals surface area contributed by atoms with Gasteiger partial charge in [0.15, 0.2) is 0 Å². The van der Waals surface area contributed by atoms with Crippen LogP contribution in [0.2, 0.25) is 0 Å². The molecule has 19 N–H and O–H groups in total. The molecule has 13 amide bonds. The molecular weight excluding hydrogens is 1150 g/mol. The smallest absolute Gasteiger partial charge is 0.322 e. The minimum Gasteiger partial charge on any atom is -0.480 e. The normalized spacial score (nSPS) is 16.5. The van der Waals surface area contributed by atoms with Crippen molar-refractivity contribution in [3.05, 3.63) is 0 Å². The van der Waals surface area contributed by atoms with Crippen LogP contribution in [0.15, 0.2) is 0 Å². The maximum absolute atomic E-state index is 13.8. The summed E-state index contributed by atoms with van der Waals surface area (Å²) in [5.41, 5.74) is 10.6. The monoisotopic (exact) mass is 1240 g/mol. The van der Waals surface area contributed by atoms with Crippen LogP contribution in [-0.4, -0.2) is 220 Å². The van der Waals surface area contributed by atoms with Gasteiger partial charge < -0.3 is 95.3 Å². The summed E-state index contributed by atoms with van der Waals surface area (Å²) in [6.45, 7) is 11.2. The zero-order valence-corrected chi connectivity index (χ0v) is 51.2. The second-order valence-corrected chi connectivity index (χ2v) is 23.0. The SMILES string of the molecule is CC(C)C[C@H](NC(=O)[C@H](CCC(N)=O)NC(=O)CN)C(=O)NCC(=O)N1CCC[C@H]1C(=O)N[C@H](C(=O)N[C@@H](CS)C(=O)N[C@@H](CC(C)C)C(=O)N[C@@H](CO)C(=O)N[C@@H](CO)C(=O)N[C@@H](CC(C)C)C(=O)N[C@@H](CC(C)C)C(=O)NCC(=O)O)[C@@H](C)O. The van der Waals surface area contributed by atoms with Gasteiger partial charge in [0.05, 0.1) is 32.4 Å². The third kappa shape index (κ3) is 27.9. The van der Waals surface area contributed by atoms with Gasteiger partial charge in [0.1, 0.15) is 67.0 Å². The molecule has 1 saturated heterocycles. The standard InChI is InChI=1S/C53H92N14O18S/c1-25(2)15-31(59-46(78)30(12-13-39(55)71)58-40(72)19-54)44(76)56-20-41(73)67-14-10-11-38(67)52(84)66-43(29(9)70)53(85)65-37(24-86)51(83)62-34(18-28(7)8)48(80)63-36(23-69)50(82)64-35(22-68)49(81)61-33(17-27(5)6)47(79)60-32(16-26(3)4)45(77)57-21-42(74)75/h25-38,43,68-70,86H,10-24,54H2,1-9H3,(H2,55,71)(H,56,76)(H,57,77)(H,58,72)(H,59,78)(H,60,79)(H,61,81)(H,62,83)(H,63,80)(H,64,82)(H,65,85)(H,66,84)(H,74,75)/t29-,30+,31+,32+,33+,34+,35+,36+,37+,38+,43+/m1/s1. The van der Waals surface area contributed by atoms with Crippen LogP contribution in [0.1, 0.15) is 114 Å². The number of likely N-dealkylation sites (tertiary alicyclic amines) is 1. The summed E-state index contributed by atoms with van der Waals surface area (Å²) in [7, 11) is 0. The molecule has 0 spiro atoms. The highest BCUT2D eigenvalue weighted by molar-refractivity contribution is 7.80. The van der Waals surface area contributed by atoms with Crippen LogP contribution in [0, 0.1) is 23.7 Å². The van der Waals surface area contributed by atoms with Crippen LogP contribution in [0.4, 0.5) is 0 Å². The van der Waals surface area contributed by atoms with Crippen molar-refractivity contribution in [3.8, 4) is 0 Å². The van der Waals surface area contributed by atoms with Crippen molar-refractivity contribution in [3.63, 3.8) is 0 Å². The molecule has 11 atom stereocenters. The van der Waals surface area contributed by atoms with Gasteiger partial charge in [-0.1, -0.05) is 55.4 Å². The van der Waals surface area contributed by atoms with E-state index < -0.39 is 188 Å². The first-order valence-corrected chi connectivity index (χ1v) is 29.1. The highest BCUT2D eigenvalue weighted by atomic mass is 32.1. The largest absolute Gasteiger partial charge is 0.480 e. The summed E-state index contributed by atoms with van der Waals surface area (Å²) in [6.07, 6.45) is -1.52. The summed E-state index contributed by atoms with van der Waals surface area (Å²) >= 11 is 4.19. The maximum atomic E-state index is 13.8. The Labute approximate surface area is 505 Å². The van der Waals surface area contributed by atoms with Crippen molar-refractivity contribution in [2.75, 3.05) is 45.1 Å².